The highest BCUT2D eigenvalue weighted by molar-refractivity contribution is 6.12. The molecule has 0 amide bonds. The van der Waals surface area contributed by atoms with Gasteiger partial charge >= 0.3 is 0 Å². The largest absolute Gasteiger partial charge is 0.491 e. The number of nitrogens with two attached hydrogens (primary N) is 1. The van der Waals surface area contributed by atoms with E-state index >= 15 is 0 Å². The zero-order valence-corrected chi connectivity index (χ0v) is 11.4. The van der Waals surface area contributed by atoms with Gasteiger partial charge in [0.15, 0.2) is 5.78 Å². The second kappa shape index (κ2) is 5.74. The van der Waals surface area contributed by atoms with Crippen LogP contribution in [0.4, 0.5) is 10.1 Å². The number of nitrogen functional groups attached to an aromatic ring is 1. The Labute approximate surface area is 117 Å². The smallest absolute Gasteiger partial charge is 0.195 e. The average Bonchev–Trinajstić information content (AvgIpc) is 2.41. The zero-order valence-electron chi connectivity index (χ0n) is 11.4. The number of benzene rings is 2. The minimum Gasteiger partial charge on any atom is -0.491 e. The third kappa shape index (κ3) is 3.15. The molecule has 0 unspecified atom stereocenters. The molecular formula is C16H16FNO2. The van der Waals surface area contributed by atoms with Crippen molar-refractivity contribution in [1.82, 2.24) is 0 Å². The normalized spacial score (nSPS) is 10.6. The number of carbonyl (C=O) groups excluding carboxylic acids is 1. The monoisotopic (exact) mass is 273 g/mol. The van der Waals surface area contributed by atoms with Gasteiger partial charge in [-0.1, -0.05) is 0 Å². The predicted octanol–water partition coefficient (Wildman–Crippen LogP) is 3.43. The van der Waals surface area contributed by atoms with Crippen molar-refractivity contribution >= 4 is 11.5 Å². The summed E-state index contributed by atoms with van der Waals surface area (Å²) in [4.78, 5) is 12.3. The van der Waals surface area contributed by atoms with Crippen LogP contribution in [0.2, 0.25) is 0 Å². The van der Waals surface area contributed by atoms with Crippen LogP contribution >= 0.6 is 0 Å². The molecule has 2 aromatic rings. The van der Waals surface area contributed by atoms with Crippen molar-refractivity contribution in [3.63, 3.8) is 0 Å². The van der Waals surface area contributed by atoms with Crippen molar-refractivity contribution in [1.29, 1.82) is 0 Å². The van der Waals surface area contributed by atoms with Crippen molar-refractivity contribution in [3.8, 4) is 5.75 Å². The first-order valence-corrected chi connectivity index (χ1v) is 6.34. The maximum atomic E-state index is 13.2. The molecule has 0 aliphatic heterocycles. The second-order valence-electron chi connectivity index (χ2n) is 4.75. The lowest BCUT2D eigenvalue weighted by Crippen LogP contribution is -2.07. The number of hydrogen-bond acceptors (Lipinski definition) is 3. The number of halogens is 1. The minimum atomic E-state index is -0.484. The van der Waals surface area contributed by atoms with Gasteiger partial charge in [-0.3, -0.25) is 4.79 Å². The highest BCUT2D eigenvalue weighted by Gasteiger charge is 2.13. The van der Waals surface area contributed by atoms with E-state index < -0.39 is 5.82 Å². The van der Waals surface area contributed by atoms with Crippen LogP contribution < -0.4 is 10.5 Å². The molecule has 4 heteroatoms. The summed E-state index contributed by atoms with van der Waals surface area (Å²) in [6, 6.07) is 10.5. The van der Waals surface area contributed by atoms with Crippen LogP contribution in [0.3, 0.4) is 0 Å². The Bertz CT molecular complexity index is 621. The van der Waals surface area contributed by atoms with Gasteiger partial charge in [0, 0.05) is 16.8 Å². The number of hydrogen-bond donors (Lipinski definition) is 1. The number of carbonyl (C=O) groups is 1. The molecule has 20 heavy (non-hydrogen) atoms. The second-order valence-corrected chi connectivity index (χ2v) is 4.75. The number of ether oxygens (including phenoxy) is 1. The van der Waals surface area contributed by atoms with Crippen LogP contribution in [0.1, 0.15) is 29.8 Å². The van der Waals surface area contributed by atoms with Crippen molar-refractivity contribution < 1.29 is 13.9 Å². The Morgan fingerprint density at radius 1 is 1.15 bits per heavy atom. The van der Waals surface area contributed by atoms with Gasteiger partial charge in [0.05, 0.1) is 6.10 Å². The first kappa shape index (κ1) is 14.1. The van der Waals surface area contributed by atoms with Gasteiger partial charge < -0.3 is 10.5 Å². The molecule has 0 radical (unpaired) electrons. The molecule has 0 fully saturated rings. The summed E-state index contributed by atoms with van der Waals surface area (Å²) in [5.41, 5.74) is 6.59. The summed E-state index contributed by atoms with van der Waals surface area (Å²) in [5.74, 6) is -0.107. The maximum Gasteiger partial charge on any atom is 0.195 e. The molecule has 3 nitrogen and oxygen atoms in total. The maximum absolute atomic E-state index is 13.2. The molecule has 0 atom stereocenters. The van der Waals surface area contributed by atoms with Gasteiger partial charge in [-0.15, -0.1) is 0 Å². The zero-order chi connectivity index (χ0) is 14.7. The molecule has 2 N–H and O–H groups in total. The highest BCUT2D eigenvalue weighted by atomic mass is 19.1. The molecule has 2 rings (SSSR count). The summed E-state index contributed by atoms with van der Waals surface area (Å²) >= 11 is 0. The molecule has 0 saturated heterocycles. The molecule has 0 bridgehead atoms. The SMILES string of the molecule is CC(C)Oc1ccc(C(=O)c2cc(F)ccc2N)cc1. The third-order valence-electron chi connectivity index (χ3n) is 2.75. The molecule has 0 saturated carbocycles. The van der Waals surface area contributed by atoms with Gasteiger partial charge in [0.25, 0.3) is 0 Å². The average molecular weight is 273 g/mol. The van der Waals surface area contributed by atoms with E-state index in [1.54, 1.807) is 24.3 Å². The van der Waals surface area contributed by atoms with Crippen LogP contribution in [0, 0.1) is 5.82 Å². The fraction of sp³-hybridized carbons (Fsp3) is 0.188. The fourth-order valence-corrected chi connectivity index (χ4v) is 1.84. The van der Waals surface area contributed by atoms with E-state index in [1.807, 2.05) is 13.8 Å². The van der Waals surface area contributed by atoms with Crippen LogP contribution in [0.15, 0.2) is 42.5 Å². The Kier molecular flexibility index (Phi) is 4.03. The third-order valence-corrected chi connectivity index (χ3v) is 2.75. The van der Waals surface area contributed by atoms with Gasteiger partial charge in [0.2, 0.25) is 0 Å². The van der Waals surface area contributed by atoms with Crippen LogP contribution in [-0.4, -0.2) is 11.9 Å². The summed E-state index contributed by atoms with van der Waals surface area (Å²) in [5, 5.41) is 0. The van der Waals surface area contributed by atoms with E-state index in [2.05, 4.69) is 0 Å². The van der Waals surface area contributed by atoms with Crippen molar-refractivity contribution in [2.45, 2.75) is 20.0 Å². The van der Waals surface area contributed by atoms with Crippen molar-refractivity contribution in [2.24, 2.45) is 0 Å². The molecule has 0 aromatic heterocycles. The molecule has 0 aliphatic carbocycles. The summed E-state index contributed by atoms with van der Waals surface area (Å²) in [6.07, 6.45) is 0.0652. The van der Waals surface area contributed by atoms with E-state index in [1.165, 1.54) is 12.1 Å². The Balaban J connectivity index is 2.27. The summed E-state index contributed by atoms with van der Waals surface area (Å²) < 4.78 is 18.7. The minimum absolute atomic E-state index is 0.0652. The first-order valence-electron chi connectivity index (χ1n) is 6.34. The van der Waals surface area contributed by atoms with E-state index in [-0.39, 0.29) is 23.1 Å². The molecule has 0 heterocycles. The standard InChI is InChI=1S/C16H16FNO2/c1-10(2)20-13-6-3-11(4-7-13)16(19)14-9-12(17)5-8-15(14)18/h3-10H,18H2,1-2H3. The van der Waals surface area contributed by atoms with E-state index in [0.717, 1.165) is 6.07 Å². The summed E-state index contributed by atoms with van der Waals surface area (Å²) in [7, 11) is 0. The molecule has 104 valence electrons. The summed E-state index contributed by atoms with van der Waals surface area (Å²) in [6.45, 7) is 3.85. The van der Waals surface area contributed by atoms with Crippen LogP contribution in [0.25, 0.3) is 0 Å². The number of rotatable bonds is 4. The number of ketones is 1. The van der Waals surface area contributed by atoms with Gasteiger partial charge in [-0.2, -0.15) is 0 Å². The fourth-order valence-electron chi connectivity index (χ4n) is 1.84. The van der Waals surface area contributed by atoms with Crippen molar-refractivity contribution in [2.75, 3.05) is 5.73 Å². The molecule has 0 spiro atoms. The predicted molar refractivity (Wildman–Crippen MR) is 76.5 cm³/mol. The highest BCUT2D eigenvalue weighted by Crippen LogP contribution is 2.20. The van der Waals surface area contributed by atoms with Crippen LogP contribution in [-0.2, 0) is 0 Å². The molecule has 0 aliphatic rings. The first-order chi connectivity index (χ1) is 9.47. The lowest BCUT2D eigenvalue weighted by molar-refractivity contribution is 0.103. The molecular weight excluding hydrogens is 257 g/mol. The lowest BCUT2D eigenvalue weighted by atomic mass is 10.0. The number of anilines is 1. The van der Waals surface area contributed by atoms with E-state index in [4.69, 9.17) is 10.5 Å². The van der Waals surface area contributed by atoms with E-state index in [0.29, 0.717) is 11.3 Å². The molecule has 2 aromatic carbocycles. The van der Waals surface area contributed by atoms with Gasteiger partial charge in [0.1, 0.15) is 11.6 Å². The van der Waals surface area contributed by atoms with E-state index in [9.17, 15) is 9.18 Å². The topological polar surface area (TPSA) is 52.3 Å². The van der Waals surface area contributed by atoms with Crippen LogP contribution in [0.5, 0.6) is 5.75 Å². The lowest BCUT2D eigenvalue weighted by Gasteiger charge is -2.10. The Morgan fingerprint density at radius 2 is 1.80 bits per heavy atom. The van der Waals surface area contributed by atoms with Gasteiger partial charge in [-0.25, -0.2) is 4.39 Å². The quantitative estimate of drug-likeness (QED) is 0.686. The van der Waals surface area contributed by atoms with Gasteiger partial charge in [-0.05, 0) is 56.3 Å². The van der Waals surface area contributed by atoms with Crippen molar-refractivity contribution in [3.05, 3.63) is 59.4 Å². The Morgan fingerprint density at radius 3 is 2.40 bits per heavy atom. The Hall–Kier alpha value is -2.36.